The average Bonchev–Trinajstić information content (AvgIpc) is 2.64. The minimum atomic E-state index is 0.573. The molecule has 1 unspecified atom stereocenters. The van der Waals surface area contributed by atoms with Gasteiger partial charge in [-0.05, 0) is 31.7 Å². The predicted octanol–water partition coefficient (Wildman–Crippen LogP) is 1.90. The van der Waals surface area contributed by atoms with Gasteiger partial charge in [-0.1, -0.05) is 13.8 Å². The monoisotopic (exact) mass is 183 g/mol. The summed E-state index contributed by atoms with van der Waals surface area (Å²) in [4.78, 5) is 2.62. The minimum Gasteiger partial charge on any atom is -0.375 e. The third-order valence-electron chi connectivity index (χ3n) is 3.24. The fourth-order valence-corrected chi connectivity index (χ4v) is 2.46. The molecule has 2 bridgehead atoms. The minimum absolute atomic E-state index is 0.573. The van der Waals surface area contributed by atoms with Crippen LogP contribution in [0, 0.1) is 5.92 Å². The Kier molecular flexibility index (Phi) is 2.89. The van der Waals surface area contributed by atoms with E-state index in [4.69, 9.17) is 4.74 Å². The van der Waals surface area contributed by atoms with E-state index in [2.05, 4.69) is 18.7 Å². The second kappa shape index (κ2) is 3.97. The summed E-state index contributed by atoms with van der Waals surface area (Å²) in [6, 6.07) is 0.761. The zero-order valence-electron chi connectivity index (χ0n) is 8.83. The molecule has 76 valence electrons. The first-order chi connectivity index (χ1) is 6.25. The molecule has 0 aromatic heterocycles. The van der Waals surface area contributed by atoms with Crippen molar-refractivity contribution in [1.82, 2.24) is 4.90 Å². The van der Waals surface area contributed by atoms with Crippen LogP contribution in [0.15, 0.2) is 0 Å². The molecule has 2 heteroatoms. The van der Waals surface area contributed by atoms with Crippen LogP contribution in [-0.2, 0) is 4.74 Å². The molecule has 2 atom stereocenters. The van der Waals surface area contributed by atoms with Gasteiger partial charge in [-0.25, -0.2) is 0 Å². The van der Waals surface area contributed by atoms with Crippen molar-refractivity contribution in [3.8, 4) is 0 Å². The molecular weight excluding hydrogens is 162 g/mol. The number of morpholine rings is 1. The highest BCUT2D eigenvalue weighted by molar-refractivity contribution is 4.91. The number of rotatable bonds is 4. The van der Waals surface area contributed by atoms with E-state index in [-0.39, 0.29) is 0 Å². The number of hydrogen-bond donors (Lipinski definition) is 0. The van der Waals surface area contributed by atoms with Crippen LogP contribution in [0.1, 0.15) is 33.1 Å². The van der Waals surface area contributed by atoms with Crippen LogP contribution in [0.25, 0.3) is 0 Å². The highest BCUT2D eigenvalue weighted by atomic mass is 16.5. The zero-order chi connectivity index (χ0) is 9.26. The third-order valence-corrected chi connectivity index (χ3v) is 3.24. The van der Waals surface area contributed by atoms with E-state index >= 15 is 0 Å². The summed E-state index contributed by atoms with van der Waals surface area (Å²) >= 11 is 0. The van der Waals surface area contributed by atoms with Gasteiger partial charge in [0.05, 0.1) is 12.7 Å². The zero-order valence-corrected chi connectivity index (χ0v) is 8.83. The van der Waals surface area contributed by atoms with Gasteiger partial charge in [-0.15, -0.1) is 0 Å². The third kappa shape index (κ3) is 2.23. The van der Waals surface area contributed by atoms with Crippen molar-refractivity contribution in [2.45, 2.75) is 45.3 Å². The van der Waals surface area contributed by atoms with Gasteiger partial charge in [0.25, 0.3) is 0 Å². The molecule has 0 aromatic rings. The average molecular weight is 183 g/mol. The van der Waals surface area contributed by atoms with Crippen molar-refractivity contribution in [1.29, 1.82) is 0 Å². The van der Waals surface area contributed by atoms with Crippen molar-refractivity contribution < 1.29 is 4.74 Å². The Morgan fingerprint density at radius 3 is 2.85 bits per heavy atom. The van der Waals surface area contributed by atoms with E-state index in [9.17, 15) is 0 Å². The molecule has 2 aliphatic rings. The number of likely N-dealkylation sites (tertiary alicyclic amines) is 1. The second-order valence-corrected chi connectivity index (χ2v) is 4.88. The van der Waals surface area contributed by atoms with Gasteiger partial charge >= 0.3 is 0 Å². The lowest BCUT2D eigenvalue weighted by Gasteiger charge is -2.26. The van der Waals surface area contributed by atoms with E-state index in [1.165, 1.54) is 32.4 Å². The molecule has 13 heavy (non-hydrogen) atoms. The van der Waals surface area contributed by atoms with Gasteiger partial charge in [-0.2, -0.15) is 0 Å². The van der Waals surface area contributed by atoms with Crippen LogP contribution in [0.5, 0.6) is 0 Å². The molecule has 0 radical (unpaired) electrons. The smallest absolute Gasteiger partial charge is 0.0718 e. The van der Waals surface area contributed by atoms with E-state index in [1.54, 1.807) is 0 Å². The van der Waals surface area contributed by atoms with Crippen molar-refractivity contribution >= 4 is 0 Å². The van der Waals surface area contributed by atoms with Crippen LogP contribution < -0.4 is 0 Å². The van der Waals surface area contributed by atoms with Crippen LogP contribution >= 0.6 is 0 Å². The largest absolute Gasteiger partial charge is 0.375 e. The SMILES string of the molecule is CC(C)CCCN1CC2C[C@@H]1CO2. The second-order valence-electron chi connectivity index (χ2n) is 4.88. The van der Waals surface area contributed by atoms with Gasteiger partial charge in [0.2, 0.25) is 0 Å². The van der Waals surface area contributed by atoms with Crippen LogP contribution in [0.4, 0.5) is 0 Å². The summed E-state index contributed by atoms with van der Waals surface area (Å²) in [5.41, 5.74) is 0. The summed E-state index contributed by atoms with van der Waals surface area (Å²) in [5, 5.41) is 0. The molecule has 0 amide bonds. The highest BCUT2D eigenvalue weighted by Crippen LogP contribution is 2.27. The first-order valence-corrected chi connectivity index (χ1v) is 5.61. The molecule has 2 aliphatic heterocycles. The summed E-state index contributed by atoms with van der Waals surface area (Å²) in [7, 11) is 0. The normalized spacial score (nSPS) is 33.5. The lowest BCUT2D eigenvalue weighted by Crippen LogP contribution is -2.37. The summed E-state index contributed by atoms with van der Waals surface area (Å²) in [6.45, 7) is 8.09. The molecular formula is C11H21NO. The molecule has 2 fully saturated rings. The van der Waals surface area contributed by atoms with Crippen LogP contribution in [-0.4, -0.2) is 36.7 Å². The lowest BCUT2D eigenvalue weighted by atomic mass is 10.1. The Balaban J connectivity index is 1.66. The highest BCUT2D eigenvalue weighted by Gasteiger charge is 2.38. The predicted molar refractivity (Wildman–Crippen MR) is 53.8 cm³/mol. The molecule has 0 spiro atoms. The molecule has 0 aliphatic carbocycles. The summed E-state index contributed by atoms with van der Waals surface area (Å²) < 4.78 is 5.57. The van der Waals surface area contributed by atoms with Crippen molar-refractivity contribution in [3.63, 3.8) is 0 Å². The topological polar surface area (TPSA) is 12.5 Å². The Morgan fingerprint density at radius 1 is 1.46 bits per heavy atom. The number of ether oxygens (including phenoxy) is 1. The van der Waals surface area contributed by atoms with Crippen molar-refractivity contribution in [3.05, 3.63) is 0 Å². The lowest BCUT2D eigenvalue weighted by molar-refractivity contribution is 0.0297. The first-order valence-electron chi connectivity index (χ1n) is 5.61. The van der Waals surface area contributed by atoms with Crippen molar-refractivity contribution in [2.24, 2.45) is 5.92 Å². The summed E-state index contributed by atoms with van der Waals surface area (Å²) in [6.07, 6.45) is 4.60. The Bertz CT molecular complexity index is 169. The Labute approximate surface area is 81.3 Å². The number of nitrogens with zero attached hydrogens (tertiary/aromatic N) is 1. The van der Waals surface area contributed by atoms with Gasteiger partial charge in [0.1, 0.15) is 0 Å². The fourth-order valence-electron chi connectivity index (χ4n) is 2.46. The van der Waals surface area contributed by atoms with E-state index in [0.29, 0.717) is 6.10 Å². The van der Waals surface area contributed by atoms with E-state index in [0.717, 1.165) is 18.6 Å². The Morgan fingerprint density at radius 2 is 2.31 bits per heavy atom. The maximum atomic E-state index is 5.57. The standard InChI is InChI=1S/C11H21NO/c1-9(2)4-3-5-12-7-11-6-10(12)8-13-11/h9-11H,3-8H2,1-2H3/t10-,11?/m1/s1. The van der Waals surface area contributed by atoms with Crippen LogP contribution in [0.3, 0.4) is 0 Å². The number of hydrogen-bond acceptors (Lipinski definition) is 2. The molecule has 0 aromatic carbocycles. The maximum Gasteiger partial charge on any atom is 0.0718 e. The van der Waals surface area contributed by atoms with Gasteiger partial charge in [-0.3, -0.25) is 4.90 Å². The molecule has 2 nitrogen and oxygen atoms in total. The summed E-state index contributed by atoms with van der Waals surface area (Å²) in [5.74, 6) is 0.857. The van der Waals surface area contributed by atoms with E-state index in [1.807, 2.05) is 0 Å². The van der Waals surface area contributed by atoms with Crippen LogP contribution in [0.2, 0.25) is 0 Å². The molecule has 2 rings (SSSR count). The quantitative estimate of drug-likeness (QED) is 0.660. The fraction of sp³-hybridized carbons (Fsp3) is 1.00. The number of fused-ring (bicyclic) bond motifs is 2. The molecule has 2 heterocycles. The molecule has 0 N–H and O–H groups in total. The van der Waals surface area contributed by atoms with Gasteiger partial charge < -0.3 is 4.74 Å². The maximum absolute atomic E-state index is 5.57. The molecule has 2 saturated heterocycles. The molecule has 0 saturated carbocycles. The van der Waals surface area contributed by atoms with Gasteiger partial charge in [0, 0.05) is 12.6 Å². The first kappa shape index (κ1) is 9.47. The Hall–Kier alpha value is -0.0800. The van der Waals surface area contributed by atoms with Crippen molar-refractivity contribution in [2.75, 3.05) is 19.7 Å². The van der Waals surface area contributed by atoms with E-state index < -0.39 is 0 Å². The van der Waals surface area contributed by atoms with Gasteiger partial charge in [0.15, 0.2) is 0 Å².